The van der Waals surface area contributed by atoms with Gasteiger partial charge in [-0.2, -0.15) is 0 Å². The Balaban J connectivity index is 1.67. The molecular weight excluding hydrogens is 248 g/mol. The molecule has 20 heavy (non-hydrogen) atoms. The van der Waals surface area contributed by atoms with Crippen molar-refractivity contribution in [3.63, 3.8) is 0 Å². The summed E-state index contributed by atoms with van der Waals surface area (Å²) in [6.45, 7) is 2.44. The normalized spacial score (nSPS) is 10.4. The Morgan fingerprint density at radius 3 is 2.30 bits per heavy atom. The van der Waals surface area contributed by atoms with Crippen molar-refractivity contribution in [3.05, 3.63) is 72.8 Å². The van der Waals surface area contributed by atoms with E-state index in [0.29, 0.717) is 6.73 Å². The fourth-order valence-corrected chi connectivity index (χ4v) is 2.07. The first-order valence-electron chi connectivity index (χ1n) is 6.58. The molecule has 2 aromatic carbocycles. The second kappa shape index (κ2) is 5.61. The second-order valence-corrected chi connectivity index (χ2v) is 4.69. The third kappa shape index (κ3) is 2.88. The average Bonchev–Trinajstić information content (AvgIpc) is 2.92. The van der Waals surface area contributed by atoms with Gasteiger partial charge in [0.1, 0.15) is 5.75 Å². The van der Waals surface area contributed by atoms with Crippen molar-refractivity contribution in [3.8, 4) is 16.9 Å². The van der Waals surface area contributed by atoms with Crippen LogP contribution in [0.15, 0.2) is 67.1 Å². The number of rotatable bonds is 4. The molecule has 1 aromatic heterocycles. The topological polar surface area (TPSA) is 27.1 Å². The highest BCUT2D eigenvalue weighted by atomic mass is 16.5. The SMILES string of the molecule is Cc1cn(COc2ccc(-c3ccccc3)cc2)cn1. The average molecular weight is 264 g/mol. The maximum absolute atomic E-state index is 5.72. The van der Waals surface area contributed by atoms with Gasteiger partial charge in [-0.3, -0.25) is 0 Å². The predicted molar refractivity (Wildman–Crippen MR) is 79.5 cm³/mol. The van der Waals surface area contributed by atoms with E-state index in [1.54, 1.807) is 6.33 Å². The summed E-state index contributed by atoms with van der Waals surface area (Å²) in [7, 11) is 0. The Hall–Kier alpha value is -2.55. The molecule has 0 amide bonds. The van der Waals surface area contributed by atoms with Gasteiger partial charge in [-0.25, -0.2) is 4.98 Å². The van der Waals surface area contributed by atoms with Gasteiger partial charge in [0.25, 0.3) is 0 Å². The quantitative estimate of drug-likeness (QED) is 0.714. The van der Waals surface area contributed by atoms with Gasteiger partial charge in [0.15, 0.2) is 6.73 Å². The molecule has 0 bridgehead atoms. The first kappa shape index (κ1) is 12.5. The predicted octanol–water partition coefficient (Wildman–Crippen LogP) is 3.90. The molecular formula is C17H16N2O. The first-order valence-corrected chi connectivity index (χ1v) is 6.58. The zero-order chi connectivity index (χ0) is 13.8. The molecule has 0 aliphatic heterocycles. The largest absolute Gasteiger partial charge is 0.473 e. The minimum atomic E-state index is 0.478. The number of hydrogen-bond acceptors (Lipinski definition) is 2. The number of aromatic nitrogens is 2. The van der Waals surface area contributed by atoms with Crippen LogP contribution in [0.1, 0.15) is 5.69 Å². The van der Waals surface area contributed by atoms with Crippen molar-refractivity contribution in [2.75, 3.05) is 0 Å². The van der Waals surface area contributed by atoms with Gasteiger partial charge < -0.3 is 9.30 Å². The third-order valence-electron chi connectivity index (χ3n) is 3.10. The number of ether oxygens (including phenoxy) is 1. The molecule has 0 aliphatic rings. The number of imidazole rings is 1. The van der Waals surface area contributed by atoms with Crippen LogP contribution in [0.5, 0.6) is 5.75 Å². The molecule has 3 rings (SSSR count). The van der Waals surface area contributed by atoms with E-state index in [9.17, 15) is 0 Å². The van der Waals surface area contributed by atoms with Gasteiger partial charge in [-0.15, -0.1) is 0 Å². The molecule has 3 heteroatoms. The summed E-state index contributed by atoms with van der Waals surface area (Å²) in [5.74, 6) is 0.857. The fourth-order valence-electron chi connectivity index (χ4n) is 2.07. The summed E-state index contributed by atoms with van der Waals surface area (Å²) in [6, 6.07) is 18.4. The number of benzene rings is 2. The van der Waals surface area contributed by atoms with E-state index in [1.165, 1.54) is 11.1 Å². The van der Waals surface area contributed by atoms with Crippen molar-refractivity contribution in [1.82, 2.24) is 9.55 Å². The first-order chi connectivity index (χ1) is 9.81. The summed E-state index contributed by atoms with van der Waals surface area (Å²) in [6.07, 6.45) is 3.73. The van der Waals surface area contributed by atoms with E-state index >= 15 is 0 Å². The van der Waals surface area contributed by atoms with Crippen LogP contribution in [-0.2, 0) is 6.73 Å². The Bertz CT molecular complexity index is 672. The molecule has 0 spiro atoms. The van der Waals surface area contributed by atoms with Gasteiger partial charge >= 0.3 is 0 Å². The van der Waals surface area contributed by atoms with Gasteiger partial charge in [0, 0.05) is 6.20 Å². The lowest BCUT2D eigenvalue weighted by Crippen LogP contribution is -2.02. The standard InChI is InChI=1S/C17H16N2O/c1-14-11-19(12-18-14)13-20-17-9-7-16(8-10-17)15-5-3-2-4-6-15/h2-12H,13H2,1H3. The van der Waals surface area contributed by atoms with Gasteiger partial charge in [-0.05, 0) is 30.2 Å². The van der Waals surface area contributed by atoms with Crippen LogP contribution in [-0.4, -0.2) is 9.55 Å². The van der Waals surface area contributed by atoms with Crippen molar-refractivity contribution in [2.24, 2.45) is 0 Å². The monoisotopic (exact) mass is 264 g/mol. The van der Waals surface area contributed by atoms with Gasteiger partial charge in [-0.1, -0.05) is 42.5 Å². The lowest BCUT2D eigenvalue weighted by atomic mass is 10.1. The van der Waals surface area contributed by atoms with Crippen molar-refractivity contribution >= 4 is 0 Å². The van der Waals surface area contributed by atoms with E-state index < -0.39 is 0 Å². The zero-order valence-electron chi connectivity index (χ0n) is 11.4. The van der Waals surface area contributed by atoms with Crippen molar-refractivity contribution in [1.29, 1.82) is 0 Å². The summed E-state index contributed by atoms with van der Waals surface area (Å²) in [5.41, 5.74) is 3.40. The van der Waals surface area contributed by atoms with Crippen LogP contribution in [0.3, 0.4) is 0 Å². The zero-order valence-corrected chi connectivity index (χ0v) is 11.4. The number of aryl methyl sites for hydroxylation is 1. The Morgan fingerprint density at radius 2 is 1.65 bits per heavy atom. The van der Waals surface area contributed by atoms with E-state index in [1.807, 2.05) is 48.0 Å². The highest BCUT2D eigenvalue weighted by molar-refractivity contribution is 5.63. The molecule has 0 aliphatic carbocycles. The molecule has 0 unspecified atom stereocenters. The molecule has 1 heterocycles. The number of nitrogens with zero attached hydrogens (tertiary/aromatic N) is 2. The molecule has 0 atom stereocenters. The van der Waals surface area contributed by atoms with Crippen molar-refractivity contribution in [2.45, 2.75) is 13.7 Å². The summed E-state index contributed by atoms with van der Waals surface area (Å²) in [5, 5.41) is 0. The highest BCUT2D eigenvalue weighted by Gasteiger charge is 1.99. The van der Waals surface area contributed by atoms with Crippen LogP contribution < -0.4 is 4.74 Å². The van der Waals surface area contributed by atoms with E-state index in [-0.39, 0.29) is 0 Å². The van der Waals surface area contributed by atoms with Crippen LogP contribution in [0, 0.1) is 6.92 Å². The van der Waals surface area contributed by atoms with Crippen LogP contribution in [0.2, 0.25) is 0 Å². The lowest BCUT2D eigenvalue weighted by molar-refractivity contribution is 0.236. The van der Waals surface area contributed by atoms with Gasteiger partial charge in [0.05, 0.1) is 12.0 Å². The second-order valence-electron chi connectivity index (χ2n) is 4.69. The molecule has 0 saturated heterocycles. The maximum Gasteiger partial charge on any atom is 0.165 e. The molecule has 100 valence electrons. The summed E-state index contributed by atoms with van der Waals surface area (Å²) >= 11 is 0. The molecule has 0 N–H and O–H groups in total. The van der Waals surface area contributed by atoms with E-state index in [2.05, 4.69) is 29.2 Å². The van der Waals surface area contributed by atoms with E-state index in [0.717, 1.165) is 11.4 Å². The molecule has 0 fully saturated rings. The number of hydrogen-bond donors (Lipinski definition) is 0. The maximum atomic E-state index is 5.72. The van der Waals surface area contributed by atoms with Crippen molar-refractivity contribution < 1.29 is 4.74 Å². The summed E-state index contributed by atoms with van der Waals surface area (Å²) < 4.78 is 7.64. The van der Waals surface area contributed by atoms with Crippen LogP contribution in [0.25, 0.3) is 11.1 Å². The molecule has 0 radical (unpaired) electrons. The smallest absolute Gasteiger partial charge is 0.165 e. The fraction of sp³-hybridized carbons (Fsp3) is 0.118. The molecule has 3 nitrogen and oxygen atoms in total. The molecule has 3 aromatic rings. The Kier molecular flexibility index (Phi) is 3.50. The van der Waals surface area contributed by atoms with Crippen LogP contribution in [0.4, 0.5) is 0 Å². The minimum absolute atomic E-state index is 0.478. The Labute approximate surface area is 118 Å². The molecule has 0 saturated carbocycles. The Morgan fingerprint density at radius 1 is 0.950 bits per heavy atom. The lowest BCUT2D eigenvalue weighted by Gasteiger charge is -2.07. The summed E-state index contributed by atoms with van der Waals surface area (Å²) in [4.78, 5) is 4.17. The minimum Gasteiger partial charge on any atom is -0.473 e. The van der Waals surface area contributed by atoms with Crippen LogP contribution >= 0.6 is 0 Å². The third-order valence-corrected chi connectivity index (χ3v) is 3.10. The highest BCUT2D eigenvalue weighted by Crippen LogP contribution is 2.22. The van der Waals surface area contributed by atoms with E-state index in [4.69, 9.17) is 4.74 Å². The van der Waals surface area contributed by atoms with Gasteiger partial charge in [0.2, 0.25) is 0 Å².